The Balaban J connectivity index is 1.38. The maximum atomic E-state index is 12.6. The molecule has 1 aliphatic heterocycles. The van der Waals surface area contributed by atoms with Crippen LogP contribution in [0.4, 0.5) is 5.69 Å². The number of fused-ring (bicyclic) bond motifs is 2. The summed E-state index contributed by atoms with van der Waals surface area (Å²) in [6, 6.07) is 7.74. The van der Waals surface area contributed by atoms with E-state index in [-0.39, 0.29) is 17.9 Å². The topological polar surface area (TPSA) is 49.4 Å². The van der Waals surface area contributed by atoms with Gasteiger partial charge in [0.1, 0.15) is 0 Å². The molecule has 1 heterocycles. The average molecular weight is 340 g/mol. The van der Waals surface area contributed by atoms with Gasteiger partial charge in [0, 0.05) is 30.3 Å². The Morgan fingerprint density at radius 1 is 1.16 bits per heavy atom. The molecule has 0 aromatic heterocycles. The monoisotopic (exact) mass is 340 g/mol. The Labute approximate surface area is 150 Å². The van der Waals surface area contributed by atoms with Gasteiger partial charge in [-0.25, -0.2) is 0 Å². The molecule has 2 amide bonds. The smallest absolute Gasteiger partial charge is 0.251 e. The van der Waals surface area contributed by atoms with Gasteiger partial charge < -0.3 is 10.2 Å². The molecule has 1 saturated heterocycles. The average Bonchev–Trinajstić information content (AvgIpc) is 3.26. The zero-order valence-corrected chi connectivity index (χ0v) is 15.0. The molecule has 3 aliphatic rings. The van der Waals surface area contributed by atoms with Gasteiger partial charge in [0.15, 0.2) is 0 Å². The first-order valence-corrected chi connectivity index (χ1v) is 9.83. The number of carbonyl (C=O) groups is 2. The Morgan fingerprint density at radius 3 is 2.60 bits per heavy atom. The fraction of sp³-hybridized carbons (Fsp3) is 0.619. The molecule has 1 aromatic rings. The molecule has 4 atom stereocenters. The van der Waals surface area contributed by atoms with Gasteiger partial charge in [-0.1, -0.05) is 6.42 Å². The second-order valence-corrected chi connectivity index (χ2v) is 8.15. The zero-order valence-electron chi connectivity index (χ0n) is 15.0. The highest BCUT2D eigenvalue weighted by Crippen LogP contribution is 2.49. The summed E-state index contributed by atoms with van der Waals surface area (Å²) in [7, 11) is 0. The van der Waals surface area contributed by atoms with Crippen molar-refractivity contribution >= 4 is 17.5 Å². The number of nitrogens with one attached hydrogen (secondary N) is 1. The number of benzene rings is 1. The van der Waals surface area contributed by atoms with Gasteiger partial charge in [-0.15, -0.1) is 0 Å². The van der Waals surface area contributed by atoms with Crippen LogP contribution in [0.15, 0.2) is 24.3 Å². The van der Waals surface area contributed by atoms with Crippen molar-refractivity contribution in [3.05, 3.63) is 29.8 Å². The standard InChI is InChI=1S/C21H28N2O2/c1-14(19-13-15-5-6-17(19)12-15)22-21(25)16-7-9-18(10-8-16)23-11-3-2-4-20(23)24/h7-10,14-15,17,19H,2-6,11-13H2,1H3,(H,22,25)/t14-,15-,17-,19-/m0/s1. The summed E-state index contributed by atoms with van der Waals surface area (Å²) in [5.41, 5.74) is 1.59. The molecule has 2 bridgehead atoms. The third kappa shape index (κ3) is 3.31. The first-order valence-electron chi connectivity index (χ1n) is 9.83. The second kappa shape index (κ2) is 6.81. The van der Waals surface area contributed by atoms with E-state index >= 15 is 0 Å². The van der Waals surface area contributed by atoms with Gasteiger partial charge in [-0.2, -0.15) is 0 Å². The Bertz CT molecular complexity index is 654. The molecule has 1 N–H and O–H groups in total. The van der Waals surface area contributed by atoms with Crippen molar-refractivity contribution in [2.45, 2.75) is 57.9 Å². The predicted molar refractivity (Wildman–Crippen MR) is 98.5 cm³/mol. The molecule has 0 radical (unpaired) electrons. The van der Waals surface area contributed by atoms with Crippen LogP contribution in [0.1, 0.15) is 62.2 Å². The van der Waals surface area contributed by atoms with Crippen LogP contribution in [-0.2, 0) is 4.79 Å². The van der Waals surface area contributed by atoms with Crippen molar-refractivity contribution in [2.75, 3.05) is 11.4 Å². The van der Waals surface area contributed by atoms with E-state index in [1.807, 2.05) is 29.2 Å². The number of rotatable bonds is 4. The molecule has 25 heavy (non-hydrogen) atoms. The van der Waals surface area contributed by atoms with Gasteiger partial charge in [-0.05, 0) is 81.0 Å². The molecular formula is C21H28N2O2. The van der Waals surface area contributed by atoms with Gasteiger partial charge in [0.25, 0.3) is 5.91 Å². The van der Waals surface area contributed by atoms with Gasteiger partial charge in [0.05, 0.1) is 0 Å². The predicted octanol–water partition coefficient (Wildman–Crippen LogP) is 3.76. The van der Waals surface area contributed by atoms with Crippen LogP contribution in [-0.4, -0.2) is 24.4 Å². The fourth-order valence-corrected chi connectivity index (χ4v) is 5.18. The van der Waals surface area contributed by atoms with E-state index in [0.29, 0.717) is 17.9 Å². The number of piperidine rings is 1. The van der Waals surface area contributed by atoms with E-state index in [1.54, 1.807) is 0 Å². The van der Waals surface area contributed by atoms with Crippen molar-refractivity contribution in [2.24, 2.45) is 17.8 Å². The molecule has 1 aromatic carbocycles. The minimum absolute atomic E-state index is 0.00629. The summed E-state index contributed by atoms with van der Waals surface area (Å²) < 4.78 is 0. The first kappa shape index (κ1) is 16.6. The van der Waals surface area contributed by atoms with Crippen LogP contribution in [0.3, 0.4) is 0 Å². The number of anilines is 1. The Morgan fingerprint density at radius 2 is 1.96 bits per heavy atom. The summed E-state index contributed by atoms with van der Waals surface area (Å²) in [4.78, 5) is 26.4. The lowest BCUT2D eigenvalue weighted by Crippen LogP contribution is -2.40. The largest absolute Gasteiger partial charge is 0.349 e. The van der Waals surface area contributed by atoms with Crippen LogP contribution < -0.4 is 10.2 Å². The highest BCUT2D eigenvalue weighted by molar-refractivity contribution is 5.97. The van der Waals surface area contributed by atoms with Crippen molar-refractivity contribution in [1.82, 2.24) is 5.32 Å². The lowest BCUT2D eigenvalue weighted by Gasteiger charge is -2.29. The summed E-state index contributed by atoms with van der Waals surface area (Å²) in [6.45, 7) is 2.94. The van der Waals surface area contributed by atoms with E-state index in [4.69, 9.17) is 0 Å². The van der Waals surface area contributed by atoms with E-state index < -0.39 is 0 Å². The minimum Gasteiger partial charge on any atom is -0.349 e. The summed E-state index contributed by atoms with van der Waals surface area (Å²) >= 11 is 0. The lowest BCUT2D eigenvalue weighted by atomic mass is 9.84. The normalized spacial score (nSPS) is 29.7. The Hall–Kier alpha value is -1.84. The highest BCUT2D eigenvalue weighted by atomic mass is 16.2. The van der Waals surface area contributed by atoms with Gasteiger partial charge in [0.2, 0.25) is 5.91 Å². The molecule has 4 heteroatoms. The van der Waals surface area contributed by atoms with Crippen molar-refractivity contribution in [3.8, 4) is 0 Å². The van der Waals surface area contributed by atoms with Crippen LogP contribution in [0, 0.1) is 17.8 Å². The fourth-order valence-electron chi connectivity index (χ4n) is 5.18. The quantitative estimate of drug-likeness (QED) is 0.907. The van der Waals surface area contributed by atoms with Crippen LogP contribution >= 0.6 is 0 Å². The van der Waals surface area contributed by atoms with E-state index in [1.165, 1.54) is 25.7 Å². The minimum atomic E-state index is 0.00629. The van der Waals surface area contributed by atoms with Crippen molar-refractivity contribution in [3.63, 3.8) is 0 Å². The van der Waals surface area contributed by atoms with E-state index in [9.17, 15) is 9.59 Å². The molecule has 0 spiro atoms. The van der Waals surface area contributed by atoms with Gasteiger partial charge in [-0.3, -0.25) is 9.59 Å². The lowest BCUT2D eigenvalue weighted by molar-refractivity contribution is -0.119. The summed E-state index contributed by atoms with van der Waals surface area (Å²) in [5.74, 6) is 2.55. The number of carbonyl (C=O) groups excluding carboxylic acids is 2. The zero-order chi connectivity index (χ0) is 17.4. The molecule has 3 fully saturated rings. The summed E-state index contributed by atoms with van der Waals surface area (Å²) in [5, 5.41) is 3.21. The number of hydrogen-bond donors (Lipinski definition) is 1. The third-order valence-electron chi connectivity index (χ3n) is 6.56. The first-order chi connectivity index (χ1) is 12.1. The molecule has 0 unspecified atom stereocenters. The highest BCUT2D eigenvalue weighted by Gasteiger charge is 2.42. The molecule has 4 nitrogen and oxygen atoms in total. The number of hydrogen-bond acceptors (Lipinski definition) is 2. The molecule has 2 aliphatic carbocycles. The van der Waals surface area contributed by atoms with Gasteiger partial charge >= 0.3 is 0 Å². The maximum absolute atomic E-state index is 12.6. The van der Waals surface area contributed by atoms with Crippen LogP contribution in [0.25, 0.3) is 0 Å². The van der Waals surface area contributed by atoms with Crippen LogP contribution in [0.2, 0.25) is 0 Å². The van der Waals surface area contributed by atoms with E-state index in [2.05, 4.69) is 12.2 Å². The molecular weight excluding hydrogens is 312 g/mol. The molecule has 4 rings (SSSR count). The second-order valence-electron chi connectivity index (χ2n) is 8.15. The summed E-state index contributed by atoms with van der Waals surface area (Å²) in [6.07, 6.45) is 8.03. The van der Waals surface area contributed by atoms with Crippen molar-refractivity contribution < 1.29 is 9.59 Å². The van der Waals surface area contributed by atoms with E-state index in [0.717, 1.165) is 36.9 Å². The number of nitrogens with zero attached hydrogens (tertiary/aromatic N) is 1. The number of amides is 2. The molecule has 2 saturated carbocycles. The maximum Gasteiger partial charge on any atom is 0.251 e. The van der Waals surface area contributed by atoms with Crippen molar-refractivity contribution in [1.29, 1.82) is 0 Å². The SMILES string of the molecule is C[C@H](NC(=O)c1ccc(N2CCCCC2=O)cc1)[C@@H]1C[C@H]2CC[C@H]1C2. The third-order valence-corrected chi connectivity index (χ3v) is 6.56. The van der Waals surface area contributed by atoms with Crippen LogP contribution in [0.5, 0.6) is 0 Å². The Kier molecular flexibility index (Phi) is 4.53. The molecule has 134 valence electrons.